The number of carbonyl (C=O) groups excluding carboxylic acids is 1. The topological polar surface area (TPSA) is 69.0 Å². The summed E-state index contributed by atoms with van der Waals surface area (Å²) in [5, 5.41) is 2.72. The zero-order valence-electron chi connectivity index (χ0n) is 13.5. The second-order valence-electron chi connectivity index (χ2n) is 6.29. The highest BCUT2D eigenvalue weighted by Gasteiger charge is 2.45. The SMILES string of the molecule is COc1ccnc2c1nc(NC(=O)CC1CC(F)(F)C1)n2C1=CC=C1. The molecule has 0 bridgehead atoms. The van der Waals surface area contributed by atoms with Crippen molar-refractivity contribution in [3.8, 4) is 5.75 Å². The summed E-state index contributed by atoms with van der Waals surface area (Å²) in [5.74, 6) is -2.40. The van der Waals surface area contributed by atoms with Crippen molar-refractivity contribution < 1.29 is 18.3 Å². The molecule has 0 atom stereocenters. The van der Waals surface area contributed by atoms with Gasteiger partial charge >= 0.3 is 0 Å². The third-order valence-corrected chi connectivity index (χ3v) is 4.42. The summed E-state index contributed by atoms with van der Waals surface area (Å²) in [6.45, 7) is 0. The second kappa shape index (κ2) is 5.65. The predicted molar refractivity (Wildman–Crippen MR) is 88.4 cm³/mol. The number of anilines is 1. The molecule has 25 heavy (non-hydrogen) atoms. The lowest BCUT2D eigenvalue weighted by atomic mass is 9.79. The molecule has 2 aromatic heterocycles. The van der Waals surface area contributed by atoms with Gasteiger partial charge in [0.15, 0.2) is 11.2 Å². The molecule has 0 radical (unpaired) electrons. The fourth-order valence-electron chi connectivity index (χ4n) is 3.14. The molecule has 0 aliphatic heterocycles. The smallest absolute Gasteiger partial charge is 0.248 e. The average molecular weight is 346 g/mol. The third kappa shape index (κ3) is 2.77. The number of halogens is 2. The van der Waals surface area contributed by atoms with Crippen LogP contribution in [0.1, 0.15) is 19.3 Å². The van der Waals surface area contributed by atoms with E-state index in [2.05, 4.69) is 15.3 Å². The van der Waals surface area contributed by atoms with Crippen LogP contribution < -0.4 is 10.1 Å². The van der Waals surface area contributed by atoms with Crippen LogP contribution >= 0.6 is 0 Å². The molecule has 2 aliphatic carbocycles. The minimum absolute atomic E-state index is 0.0538. The summed E-state index contributed by atoms with van der Waals surface area (Å²) < 4.78 is 32.9. The van der Waals surface area contributed by atoms with E-state index in [0.717, 1.165) is 5.70 Å². The number of carbonyl (C=O) groups is 1. The summed E-state index contributed by atoms with van der Waals surface area (Å²) in [6.07, 6.45) is 6.78. The number of nitrogens with one attached hydrogen (secondary N) is 1. The molecular formula is C17H16F2N4O2. The molecule has 2 aliphatic rings. The Labute approximate surface area is 142 Å². The van der Waals surface area contributed by atoms with Crippen molar-refractivity contribution in [2.45, 2.75) is 25.2 Å². The van der Waals surface area contributed by atoms with Crippen molar-refractivity contribution in [3.63, 3.8) is 0 Å². The molecule has 0 aromatic carbocycles. The molecule has 8 heteroatoms. The Morgan fingerprint density at radius 1 is 1.48 bits per heavy atom. The fourth-order valence-corrected chi connectivity index (χ4v) is 3.14. The summed E-state index contributed by atoms with van der Waals surface area (Å²) in [7, 11) is 1.53. The molecule has 0 spiro atoms. The number of nitrogens with zero attached hydrogens (tertiary/aromatic N) is 3. The maximum Gasteiger partial charge on any atom is 0.248 e. The van der Waals surface area contributed by atoms with Crippen LogP contribution in [-0.2, 0) is 4.79 Å². The summed E-state index contributed by atoms with van der Waals surface area (Å²) in [6, 6.07) is 1.69. The molecular weight excluding hydrogens is 330 g/mol. The van der Waals surface area contributed by atoms with Crippen LogP contribution in [0.4, 0.5) is 14.7 Å². The Bertz CT molecular complexity index is 909. The minimum Gasteiger partial charge on any atom is -0.494 e. The average Bonchev–Trinajstić information content (AvgIpc) is 2.82. The molecule has 2 aromatic rings. The standard InChI is InChI=1S/C17H16F2N4O2/c1-25-12-5-6-20-15-14(12)22-16(23(15)11-3-2-4-11)21-13(24)7-10-8-17(18,19)9-10/h2-6,10H,7-9H2,1H3,(H,21,22,24). The Kier molecular flexibility index (Phi) is 3.55. The lowest BCUT2D eigenvalue weighted by Gasteiger charge is -2.34. The molecule has 1 amide bonds. The number of aromatic nitrogens is 3. The highest BCUT2D eigenvalue weighted by atomic mass is 19.3. The highest BCUT2D eigenvalue weighted by molar-refractivity contribution is 5.94. The fraction of sp³-hybridized carbons (Fsp3) is 0.353. The van der Waals surface area contributed by atoms with E-state index in [1.54, 1.807) is 16.8 Å². The normalized spacial score (nSPS) is 18.4. The maximum absolute atomic E-state index is 12.9. The van der Waals surface area contributed by atoms with Gasteiger partial charge in [0.25, 0.3) is 0 Å². The quantitative estimate of drug-likeness (QED) is 0.902. The Balaban J connectivity index is 1.61. The number of hydrogen-bond acceptors (Lipinski definition) is 4. The number of hydrogen-bond donors (Lipinski definition) is 1. The largest absolute Gasteiger partial charge is 0.494 e. The Hall–Kier alpha value is -2.77. The molecule has 2 heterocycles. The second-order valence-corrected chi connectivity index (χ2v) is 6.29. The first-order valence-corrected chi connectivity index (χ1v) is 7.95. The van der Waals surface area contributed by atoms with E-state index >= 15 is 0 Å². The van der Waals surface area contributed by atoms with Crippen LogP contribution in [0.25, 0.3) is 16.9 Å². The van der Waals surface area contributed by atoms with Crippen LogP contribution in [0.2, 0.25) is 0 Å². The summed E-state index contributed by atoms with van der Waals surface area (Å²) in [4.78, 5) is 21.0. The number of allylic oxidation sites excluding steroid dienone is 4. The summed E-state index contributed by atoms with van der Waals surface area (Å²) >= 11 is 0. The molecule has 1 fully saturated rings. The van der Waals surface area contributed by atoms with E-state index < -0.39 is 5.92 Å². The van der Waals surface area contributed by atoms with E-state index in [1.807, 2.05) is 18.2 Å². The monoisotopic (exact) mass is 346 g/mol. The molecule has 4 rings (SSSR count). The van der Waals surface area contributed by atoms with Gasteiger partial charge in [0.05, 0.1) is 12.8 Å². The predicted octanol–water partition coefficient (Wildman–Crippen LogP) is 3.22. The van der Waals surface area contributed by atoms with Gasteiger partial charge in [-0.1, -0.05) is 6.08 Å². The Morgan fingerprint density at radius 3 is 2.84 bits per heavy atom. The van der Waals surface area contributed by atoms with Gasteiger partial charge in [0.2, 0.25) is 17.8 Å². The van der Waals surface area contributed by atoms with Crippen LogP contribution in [0.15, 0.2) is 30.5 Å². The molecule has 1 saturated carbocycles. The first kappa shape index (κ1) is 15.7. The van der Waals surface area contributed by atoms with Crippen molar-refractivity contribution in [2.24, 2.45) is 5.92 Å². The van der Waals surface area contributed by atoms with E-state index in [0.29, 0.717) is 22.9 Å². The lowest BCUT2D eigenvalue weighted by molar-refractivity contribution is -0.129. The number of rotatable bonds is 5. The van der Waals surface area contributed by atoms with Gasteiger partial charge in [-0.3, -0.25) is 14.7 Å². The number of methoxy groups -OCH3 is 1. The van der Waals surface area contributed by atoms with Gasteiger partial charge < -0.3 is 4.74 Å². The zero-order chi connectivity index (χ0) is 17.6. The zero-order valence-corrected chi connectivity index (χ0v) is 13.5. The van der Waals surface area contributed by atoms with E-state index in [-0.39, 0.29) is 31.1 Å². The van der Waals surface area contributed by atoms with Gasteiger partial charge in [0, 0.05) is 31.5 Å². The van der Waals surface area contributed by atoms with Gasteiger partial charge in [-0.25, -0.2) is 18.7 Å². The highest BCUT2D eigenvalue weighted by Crippen LogP contribution is 2.44. The number of alkyl halides is 2. The van der Waals surface area contributed by atoms with Crippen molar-refractivity contribution in [3.05, 3.63) is 30.5 Å². The van der Waals surface area contributed by atoms with Crippen LogP contribution in [0.3, 0.4) is 0 Å². The number of imidazole rings is 1. The third-order valence-electron chi connectivity index (χ3n) is 4.42. The summed E-state index contributed by atoms with van der Waals surface area (Å²) in [5.41, 5.74) is 1.91. The minimum atomic E-state index is -2.63. The maximum atomic E-state index is 12.9. The van der Waals surface area contributed by atoms with Gasteiger partial charge in [-0.15, -0.1) is 0 Å². The van der Waals surface area contributed by atoms with Crippen molar-refractivity contribution in [1.29, 1.82) is 0 Å². The molecule has 0 unspecified atom stereocenters. The van der Waals surface area contributed by atoms with Gasteiger partial charge in [-0.2, -0.15) is 0 Å². The van der Waals surface area contributed by atoms with E-state index in [9.17, 15) is 13.6 Å². The van der Waals surface area contributed by atoms with Crippen molar-refractivity contribution in [2.75, 3.05) is 12.4 Å². The van der Waals surface area contributed by atoms with E-state index in [4.69, 9.17) is 4.74 Å². The molecule has 1 N–H and O–H groups in total. The molecule has 0 saturated heterocycles. The molecule has 6 nitrogen and oxygen atoms in total. The van der Waals surface area contributed by atoms with Gasteiger partial charge in [0.1, 0.15) is 5.75 Å². The van der Waals surface area contributed by atoms with Crippen LogP contribution in [0, 0.1) is 5.92 Å². The lowest BCUT2D eigenvalue weighted by Crippen LogP contribution is -2.37. The van der Waals surface area contributed by atoms with Crippen molar-refractivity contribution >= 4 is 28.7 Å². The number of ether oxygens (including phenoxy) is 1. The number of fused-ring (bicyclic) bond motifs is 1. The number of pyridine rings is 1. The Morgan fingerprint density at radius 2 is 2.24 bits per heavy atom. The van der Waals surface area contributed by atoms with Gasteiger partial charge in [-0.05, 0) is 18.1 Å². The van der Waals surface area contributed by atoms with E-state index in [1.165, 1.54) is 7.11 Å². The van der Waals surface area contributed by atoms with Crippen LogP contribution in [0.5, 0.6) is 5.75 Å². The molecule has 130 valence electrons. The van der Waals surface area contributed by atoms with Crippen molar-refractivity contribution in [1.82, 2.24) is 14.5 Å². The number of amides is 1. The first-order chi connectivity index (χ1) is 12.0. The first-order valence-electron chi connectivity index (χ1n) is 7.95. The van der Waals surface area contributed by atoms with Crippen LogP contribution in [-0.4, -0.2) is 33.5 Å².